The van der Waals surface area contributed by atoms with Gasteiger partial charge < -0.3 is 25.3 Å². The summed E-state index contributed by atoms with van der Waals surface area (Å²) in [6.45, 7) is 6.96. The van der Waals surface area contributed by atoms with Crippen molar-refractivity contribution in [3.8, 4) is 17.3 Å². The Labute approximate surface area is 265 Å². The molecule has 238 valence electrons. The number of halogens is 1. The Bertz CT molecular complexity index is 1880. The molecule has 0 unspecified atom stereocenters. The van der Waals surface area contributed by atoms with E-state index in [1.807, 2.05) is 61.2 Å². The second-order valence-corrected chi connectivity index (χ2v) is 11.9. The van der Waals surface area contributed by atoms with Crippen LogP contribution in [0.5, 0.6) is 6.01 Å². The lowest BCUT2D eigenvalue weighted by Gasteiger charge is -2.19. The molecule has 0 aliphatic carbocycles. The van der Waals surface area contributed by atoms with E-state index in [1.54, 1.807) is 10.9 Å². The number of fused-ring (bicyclic) bond motifs is 1. The number of likely N-dealkylation sites (tertiary alicyclic amines) is 1. The highest BCUT2D eigenvalue weighted by Crippen LogP contribution is 2.33. The second-order valence-electron chi connectivity index (χ2n) is 11.9. The van der Waals surface area contributed by atoms with Crippen LogP contribution in [0.2, 0.25) is 0 Å². The quantitative estimate of drug-likeness (QED) is 0.217. The number of ether oxygens (including phenoxy) is 1. The summed E-state index contributed by atoms with van der Waals surface area (Å²) in [7, 11) is 1.89. The number of aromatic amines is 1. The minimum absolute atomic E-state index is 0.131. The Morgan fingerprint density at radius 1 is 1.13 bits per heavy atom. The molecule has 5 aromatic rings. The summed E-state index contributed by atoms with van der Waals surface area (Å²) >= 11 is 0. The summed E-state index contributed by atoms with van der Waals surface area (Å²) in [5.41, 5.74) is 5.11. The third-order valence-electron chi connectivity index (χ3n) is 8.55. The molecule has 0 saturated carbocycles. The lowest BCUT2D eigenvalue weighted by atomic mass is 10.1. The third-order valence-corrected chi connectivity index (χ3v) is 8.55. The van der Waals surface area contributed by atoms with Crippen molar-refractivity contribution in [2.45, 2.75) is 39.2 Å². The second kappa shape index (κ2) is 12.4. The topological polar surface area (TPSA) is 142 Å². The predicted molar refractivity (Wildman–Crippen MR) is 173 cm³/mol. The third kappa shape index (κ3) is 6.07. The number of para-hydroxylation sites is 1. The zero-order valence-electron chi connectivity index (χ0n) is 26.0. The number of carbonyl (C=O) groups is 1. The molecule has 1 aromatic carbocycles. The van der Waals surface area contributed by atoms with Gasteiger partial charge in [0.1, 0.15) is 6.10 Å². The normalized spacial score (nSPS) is 16.8. The van der Waals surface area contributed by atoms with E-state index in [9.17, 15) is 9.18 Å². The van der Waals surface area contributed by atoms with Crippen LogP contribution in [0.1, 0.15) is 30.5 Å². The van der Waals surface area contributed by atoms with E-state index in [0.717, 1.165) is 65.8 Å². The Hall–Kier alpha value is -5.11. The summed E-state index contributed by atoms with van der Waals surface area (Å²) in [5, 5.41) is 11.6. The lowest BCUT2D eigenvalue weighted by Crippen LogP contribution is -2.33. The molecule has 13 nitrogen and oxygen atoms in total. The first-order valence-corrected chi connectivity index (χ1v) is 15.5. The number of anilines is 4. The smallest absolute Gasteiger partial charge is 0.318 e. The Balaban J connectivity index is 1.00. The molecule has 0 radical (unpaired) electrons. The molecule has 1 amide bonds. The number of H-pyrrole nitrogens is 1. The number of nitrogens with zero attached hydrogens (tertiary/aromatic N) is 8. The zero-order valence-corrected chi connectivity index (χ0v) is 26.0. The first kappa shape index (κ1) is 29.6. The van der Waals surface area contributed by atoms with Gasteiger partial charge >= 0.3 is 6.01 Å². The molecule has 14 heteroatoms. The molecule has 6 heterocycles. The van der Waals surface area contributed by atoms with Gasteiger partial charge in [0, 0.05) is 68.3 Å². The minimum atomic E-state index is -0.437. The van der Waals surface area contributed by atoms with Gasteiger partial charge in [-0.15, -0.1) is 0 Å². The number of aryl methyl sites for hydroxylation is 3. The largest absolute Gasteiger partial charge is 0.459 e. The fraction of sp³-hybridized carbons (Fsp3) is 0.375. The van der Waals surface area contributed by atoms with Gasteiger partial charge in [-0.3, -0.25) is 14.4 Å². The van der Waals surface area contributed by atoms with Crippen LogP contribution in [0, 0.1) is 19.7 Å². The van der Waals surface area contributed by atoms with Crippen LogP contribution >= 0.6 is 0 Å². The van der Waals surface area contributed by atoms with Crippen molar-refractivity contribution in [3.63, 3.8) is 0 Å². The Kier molecular flexibility index (Phi) is 7.95. The van der Waals surface area contributed by atoms with Gasteiger partial charge in [0.15, 0.2) is 17.5 Å². The van der Waals surface area contributed by atoms with Gasteiger partial charge in [-0.2, -0.15) is 10.1 Å². The number of nitrogens with one attached hydrogen (secondary N) is 3. The number of amides is 1. The molecule has 2 aliphatic heterocycles. The average molecular weight is 626 g/mol. The fourth-order valence-electron chi connectivity index (χ4n) is 6.09. The van der Waals surface area contributed by atoms with E-state index in [4.69, 9.17) is 9.72 Å². The number of carbonyl (C=O) groups excluding carboxylic acids is 1. The van der Waals surface area contributed by atoms with Crippen LogP contribution in [0.15, 0.2) is 42.9 Å². The maximum Gasteiger partial charge on any atom is 0.318 e. The predicted octanol–water partition coefficient (Wildman–Crippen LogP) is 4.34. The summed E-state index contributed by atoms with van der Waals surface area (Å²) in [6, 6.07) is 7.90. The van der Waals surface area contributed by atoms with E-state index in [0.29, 0.717) is 36.4 Å². The molecule has 1 atom stereocenters. The SMILES string of the molecule is Cc1cnc(Nc2cc(C)n(C)n2)nc1-c1c[nH]c2c(NC(=O)CN3CC[C@H](Oc4ncc(F)c(N5CCCC5)n4)C3)cccc12. The molecule has 2 aliphatic rings. The molecule has 4 aromatic heterocycles. The van der Waals surface area contributed by atoms with Crippen LogP contribution < -0.4 is 20.3 Å². The first-order chi connectivity index (χ1) is 22.3. The molecule has 7 rings (SSSR count). The van der Waals surface area contributed by atoms with Gasteiger partial charge in [0.05, 0.1) is 29.6 Å². The standard InChI is InChI=1S/C32H36FN11O2/c1-19-14-35-31(38-26-13-20(2)42(3)41-26)39-28(19)23-15-34-29-22(23)7-6-8-25(29)37-27(45)18-43-12-9-21(17-43)46-32-36-16-24(33)30(40-32)44-10-4-5-11-44/h6-8,13-16,21,34H,4-5,9-12,17-18H2,1-3H3,(H,37,45)(H,35,38,39,41)/t21-/m0/s1. The molecule has 2 fully saturated rings. The molecule has 0 spiro atoms. The number of benzene rings is 1. The number of aromatic nitrogens is 7. The highest BCUT2D eigenvalue weighted by atomic mass is 19.1. The number of rotatable bonds is 9. The molecular weight excluding hydrogens is 589 g/mol. The van der Waals surface area contributed by atoms with Crippen molar-refractivity contribution in [1.82, 2.24) is 39.6 Å². The maximum atomic E-state index is 14.3. The van der Waals surface area contributed by atoms with Crippen molar-refractivity contribution in [1.29, 1.82) is 0 Å². The average Bonchev–Trinajstić information content (AvgIpc) is 3.85. The van der Waals surface area contributed by atoms with Gasteiger partial charge in [-0.05, 0) is 44.7 Å². The van der Waals surface area contributed by atoms with Gasteiger partial charge in [-0.25, -0.2) is 19.3 Å². The van der Waals surface area contributed by atoms with E-state index in [2.05, 4.69) is 35.7 Å². The highest BCUT2D eigenvalue weighted by molar-refractivity contribution is 6.06. The van der Waals surface area contributed by atoms with Crippen LogP contribution in [-0.4, -0.2) is 84.3 Å². The molecular formula is C32H36FN11O2. The summed E-state index contributed by atoms with van der Waals surface area (Å²) < 4.78 is 22.1. The summed E-state index contributed by atoms with van der Waals surface area (Å²) in [4.78, 5) is 38.1. The van der Waals surface area contributed by atoms with E-state index < -0.39 is 5.82 Å². The molecule has 0 bridgehead atoms. The Morgan fingerprint density at radius 2 is 1.98 bits per heavy atom. The van der Waals surface area contributed by atoms with Crippen LogP contribution in [0.25, 0.3) is 22.2 Å². The van der Waals surface area contributed by atoms with Crippen molar-refractivity contribution in [3.05, 3.63) is 59.9 Å². The summed E-state index contributed by atoms with van der Waals surface area (Å²) in [6.07, 6.45) is 7.44. The Morgan fingerprint density at radius 3 is 2.78 bits per heavy atom. The zero-order chi connectivity index (χ0) is 31.8. The maximum absolute atomic E-state index is 14.3. The minimum Gasteiger partial charge on any atom is -0.459 e. The van der Waals surface area contributed by atoms with Crippen LogP contribution in [-0.2, 0) is 11.8 Å². The van der Waals surface area contributed by atoms with Crippen molar-refractivity contribution in [2.24, 2.45) is 7.05 Å². The molecule has 3 N–H and O–H groups in total. The number of hydrogen-bond donors (Lipinski definition) is 3. The van der Waals surface area contributed by atoms with E-state index >= 15 is 0 Å². The van der Waals surface area contributed by atoms with Crippen LogP contribution in [0.4, 0.5) is 27.7 Å². The molecule has 46 heavy (non-hydrogen) atoms. The monoisotopic (exact) mass is 625 g/mol. The van der Waals surface area contributed by atoms with Crippen molar-refractivity contribution in [2.75, 3.05) is 48.3 Å². The first-order valence-electron chi connectivity index (χ1n) is 15.5. The fourth-order valence-corrected chi connectivity index (χ4v) is 6.09. The molecule has 2 saturated heterocycles. The van der Waals surface area contributed by atoms with E-state index in [1.165, 1.54) is 6.20 Å². The van der Waals surface area contributed by atoms with Crippen LogP contribution in [0.3, 0.4) is 0 Å². The van der Waals surface area contributed by atoms with Gasteiger partial charge in [0.25, 0.3) is 0 Å². The van der Waals surface area contributed by atoms with E-state index in [-0.39, 0.29) is 24.6 Å². The van der Waals surface area contributed by atoms with Crippen molar-refractivity contribution >= 4 is 40.1 Å². The van der Waals surface area contributed by atoms with Gasteiger partial charge in [-0.1, -0.05) is 12.1 Å². The summed E-state index contributed by atoms with van der Waals surface area (Å²) in [5.74, 6) is 0.847. The lowest BCUT2D eigenvalue weighted by molar-refractivity contribution is -0.117. The van der Waals surface area contributed by atoms with Gasteiger partial charge in [0.2, 0.25) is 11.9 Å². The highest BCUT2D eigenvalue weighted by Gasteiger charge is 2.28. The number of hydrogen-bond acceptors (Lipinski definition) is 10. The van der Waals surface area contributed by atoms with Crippen molar-refractivity contribution < 1.29 is 13.9 Å².